The van der Waals surface area contributed by atoms with E-state index in [2.05, 4.69) is 59.5 Å². The van der Waals surface area contributed by atoms with E-state index in [9.17, 15) is 0 Å². The van der Waals surface area contributed by atoms with Gasteiger partial charge in [-0.15, -0.1) is 0 Å². The molecule has 3 rings (SSSR count). The Balaban J connectivity index is 1.50. The van der Waals surface area contributed by atoms with Gasteiger partial charge in [0.2, 0.25) is 0 Å². The number of para-hydroxylation sites is 1. The van der Waals surface area contributed by atoms with E-state index in [1.165, 1.54) is 11.3 Å². The van der Waals surface area contributed by atoms with E-state index in [0.717, 1.165) is 37.7 Å². The molecule has 22 heavy (non-hydrogen) atoms. The Bertz CT molecular complexity index is 616. The van der Waals surface area contributed by atoms with E-state index < -0.39 is 0 Å². The minimum absolute atomic E-state index is 0.856. The molecule has 0 atom stereocenters. The molecule has 0 saturated carbocycles. The minimum Gasteiger partial charge on any atom is -0.359 e. The summed E-state index contributed by atoms with van der Waals surface area (Å²) in [6.45, 7) is 5.54. The first-order chi connectivity index (χ1) is 10.8. The van der Waals surface area contributed by atoms with Crippen molar-refractivity contribution in [2.45, 2.75) is 0 Å². The molecule has 0 radical (unpaired) electrons. The van der Waals surface area contributed by atoms with Gasteiger partial charge >= 0.3 is 0 Å². The van der Waals surface area contributed by atoms with Crippen molar-refractivity contribution in [1.82, 2.24) is 0 Å². The highest BCUT2D eigenvalue weighted by Gasteiger charge is 2.20. The highest BCUT2D eigenvalue weighted by Crippen LogP contribution is 2.24. The van der Waals surface area contributed by atoms with Crippen molar-refractivity contribution in [2.75, 3.05) is 37.6 Å². The van der Waals surface area contributed by atoms with Crippen LogP contribution in [0.15, 0.2) is 60.7 Å². The third-order valence-electron chi connectivity index (χ3n) is 4.18. The van der Waals surface area contributed by atoms with Gasteiger partial charge in [0.25, 0.3) is 0 Å². The Morgan fingerprint density at radius 2 is 1.64 bits per heavy atom. The zero-order valence-corrected chi connectivity index (χ0v) is 13.5. The topological polar surface area (TPSA) is 7.68 Å². The van der Waals surface area contributed by atoms with E-state index in [1.807, 2.05) is 12.1 Å². The molecule has 1 aliphatic rings. The van der Waals surface area contributed by atoms with Crippen LogP contribution in [0.4, 0.5) is 5.69 Å². The van der Waals surface area contributed by atoms with Crippen LogP contribution in [0.1, 0.15) is 5.56 Å². The molecule has 1 heterocycles. The number of anilines is 1. The van der Waals surface area contributed by atoms with Gasteiger partial charge in [0.15, 0.2) is 0 Å². The van der Waals surface area contributed by atoms with E-state index in [4.69, 9.17) is 11.6 Å². The third kappa shape index (κ3) is 3.90. The van der Waals surface area contributed by atoms with Crippen molar-refractivity contribution >= 4 is 23.4 Å². The number of hydrogen-bond acceptors (Lipinski definition) is 1. The standard InChI is InChI=1S/C19H21ClN2/c20-18-10-4-5-11-19(18)22-15-13-21(14-16-22)12-6-9-17-7-2-1-3-8-17/h1-11H,12-16H2/p+1/b9-6+. The maximum atomic E-state index is 6.29. The summed E-state index contributed by atoms with van der Waals surface area (Å²) in [7, 11) is 0. The van der Waals surface area contributed by atoms with E-state index in [0.29, 0.717) is 0 Å². The highest BCUT2D eigenvalue weighted by atomic mass is 35.5. The van der Waals surface area contributed by atoms with Crippen LogP contribution in [0.25, 0.3) is 6.08 Å². The van der Waals surface area contributed by atoms with E-state index in [-0.39, 0.29) is 0 Å². The number of piperazine rings is 1. The number of quaternary nitrogens is 1. The number of nitrogens with zero attached hydrogens (tertiary/aromatic N) is 1. The lowest BCUT2D eigenvalue weighted by molar-refractivity contribution is -0.894. The normalized spacial score (nSPS) is 16.3. The largest absolute Gasteiger partial charge is 0.359 e. The second kappa shape index (κ2) is 7.48. The summed E-state index contributed by atoms with van der Waals surface area (Å²) in [4.78, 5) is 4.03. The summed E-state index contributed by atoms with van der Waals surface area (Å²) < 4.78 is 0. The van der Waals surface area contributed by atoms with Crippen LogP contribution in [-0.2, 0) is 0 Å². The SMILES string of the molecule is Clc1ccccc1N1CC[NH+](C/C=C/c2ccccc2)CC1. The summed E-state index contributed by atoms with van der Waals surface area (Å²) in [6, 6.07) is 18.6. The summed E-state index contributed by atoms with van der Waals surface area (Å²) >= 11 is 6.29. The van der Waals surface area contributed by atoms with E-state index >= 15 is 0 Å². The molecule has 0 amide bonds. The van der Waals surface area contributed by atoms with Crippen LogP contribution in [0, 0.1) is 0 Å². The predicted molar refractivity (Wildman–Crippen MR) is 94.7 cm³/mol. The monoisotopic (exact) mass is 313 g/mol. The van der Waals surface area contributed by atoms with Gasteiger partial charge in [-0.05, 0) is 23.8 Å². The van der Waals surface area contributed by atoms with Crippen molar-refractivity contribution in [1.29, 1.82) is 0 Å². The fraction of sp³-hybridized carbons (Fsp3) is 0.263. The first-order valence-corrected chi connectivity index (χ1v) is 8.25. The second-order valence-corrected chi connectivity index (χ2v) is 6.11. The molecule has 114 valence electrons. The fourth-order valence-corrected chi connectivity index (χ4v) is 3.16. The van der Waals surface area contributed by atoms with Gasteiger partial charge in [-0.25, -0.2) is 0 Å². The van der Waals surface area contributed by atoms with Gasteiger partial charge in [-0.1, -0.05) is 60.1 Å². The molecule has 1 saturated heterocycles. The smallest absolute Gasteiger partial charge is 0.0962 e. The Hall–Kier alpha value is -1.77. The minimum atomic E-state index is 0.856. The maximum absolute atomic E-state index is 6.29. The number of rotatable bonds is 4. The summed E-state index contributed by atoms with van der Waals surface area (Å²) in [6.07, 6.45) is 4.50. The van der Waals surface area contributed by atoms with Gasteiger partial charge in [-0.3, -0.25) is 0 Å². The highest BCUT2D eigenvalue weighted by molar-refractivity contribution is 6.33. The molecule has 0 spiro atoms. The number of nitrogens with one attached hydrogen (secondary N) is 1. The van der Waals surface area contributed by atoms with E-state index in [1.54, 1.807) is 4.90 Å². The van der Waals surface area contributed by atoms with Crippen LogP contribution >= 0.6 is 11.6 Å². The summed E-state index contributed by atoms with van der Waals surface area (Å²) in [5.41, 5.74) is 2.44. The van der Waals surface area contributed by atoms with Crippen molar-refractivity contribution in [3.8, 4) is 0 Å². The Labute approximate surface area is 137 Å². The van der Waals surface area contributed by atoms with Crippen LogP contribution in [0.5, 0.6) is 0 Å². The van der Waals surface area contributed by atoms with Crippen LogP contribution in [0.3, 0.4) is 0 Å². The first kappa shape index (κ1) is 15.1. The lowest BCUT2D eigenvalue weighted by atomic mass is 10.2. The molecule has 1 fully saturated rings. The zero-order valence-electron chi connectivity index (χ0n) is 12.7. The Kier molecular flexibility index (Phi) is 5.15. The van der Waals surface area contributed by atoms with Gasteiger partial charge in [0.1, 0.15) is 0 Å². The molecule has 3 heteroatoms. The van der Waals surface area contributed by atoms with Crippen molar-refractivity contribution in [3.63, 3.8) is 0 Å². The molecule has 0 unspecified atom stereocenters. The summed E-state index contributed by atoms with van der Waals surface area (Å²) in [5.74, 6) is 0. The predicted octanol–water partition coefficient (Wildman–Crippen LogP) is 2.76. The van der Waals surface area contributed by atoms with Gasteiger partial charge in [-0.2, -0.15) is 0 Å². The maximum Gasteiger partial charge on any atom is 0.0962 e. The molecule has 2 aromatic carbocycles. The zero-order chi connectivity index (χ0) is 15.2. The summed E-state index contributed by atoms with van der Waals surface area (Å²) in [5, 5.41) is 0.856. The Morgan fingerprint density at radius 3 is 2.36 bits per heavy atom. The van der Waals surface area contributed by atoms with Crippen LogP contribution in [0.2, 0.25) is 5.02 Å². The first-order valence-electron chi connectivity index (χ1n) is 7.87. The van der Waals surface area contributed by atoms with Crippen LogP contribution in [-0.4, -0.2) is 32.7 Å². The lowest BCUT2D eigenvalue weighted by Crippen LogP contribution is -3.14. The molecule has 0 aromatic heterocycles. The molecule has 0 aliphatic carbocycles. The molecule has 1 aliphatic heterocycles. The molecule has 1 N–H and O–H groups in total. The molecule has 2 aromatic rings. The van der Waals surface area contributed by atoms with Gasteiger partial charge in [0.05, 0.1) is 43.4 Å². The average Bonchev–Trinajstić information content (AvgIpc) is 2.57. The number of benzene rings is 2. The van der Waals surface area contributed by atoms with Crippen molar-refractivity contribution < 1.29 is 4.90 Å². The average molecular weight is 314 g/mol. The molecular weight excluding hydrogens is 292 g/mol. The van der Waals surface area contributed by atoms with Crippen molar-refractivity contribution in [3.05, 3.63) is 71.3 Å². The second-order valence-electron chi connectivity index (χ2n) is 5.71. The van der Waals surface area contributed by atoms with Gasteiger partial charge in [0, 0.05) is 0 Å². The number of halogens is 1. The van der Waals surface area contributed by atoms with Crippen LogP contribution < -0.4 is 9.80 Å². The number of hydrogen-bond donors (Lipinski definition) is 1. The lowest BCUT2D eigenvalue weighted by Gasteiger charge is -2.33. The van der Waals surface area contributed by atoms with Crippen molar-refractivity contribution in [2.24, 2.45) is 0 Å². The van der Waals surface area contributed by atoms with Gasteiger partial charge < -0.3 is 9.80 Å². The molecular formula is C19H22ClN2+. The quantitative estimate of drug-likeness (QED) is 0.912. The molecule has 2 nitrogen and oxygen atoms in total. The molecule has 0 bridgehead atoms. The Morgan fingerprint density at radius 1 is 0.955 bits per heavy atom. The fourth-order valence-electron chi connectivity index (χ4n) is 2.90. The third-order valence-corrected chi connectivity index (χ3v) is 4.50.